The maximum absolute atomic E-state index is 6.40. The minimum atomic E-state index is 0.158. The van der Waals surface area contributed by atoms with Crippen LogP contribution in [0.15, 0.2) is 66.7 Å². The van der Waals surface area contributed by atoms with Gasteiger partial charge in [0.05, 0.1) is 0 Å². The summed E-state index contributed by atoms with van der Waals surface area (Å²) >= 11 is 6.40. The molecule has 1 heteroatoms. The van der Waals surface area contributed by atoms with Crippen molar-refractivity contribution in [3.8, 4) is 22.3 Å². The fourth-order valence-electron chi connectivity index (χ4n) is 7.66. The molecule has 0 aromatic heterocycles. The maximum atomic E-state index is 6.40. The Kier molecular flexibility index (Phi) is 4.19. The third-order valence-corrected chi connectivity index (χ3v) is 8.67. The van der Waals surface area contributed by atoms with E-state index in [1.54, 1.807) is 11.1 Å². The van der Waals surface area contributed by atoms with Crippen molar-refractivity contribution in [3.63, 3.8) is 0 Å². The molecule has 1 spiro atoms. The molecule has 2 fully saturated rings. The highest BCUT2D eigenvalue weighted by molar-refractivity contribution is 6.30. The Labute approximate surface area is 185 Å². The molecule has 6 rings (SSSR count). The van der Waals surface area contributed by atoms with Gasteiger partial charge in [-0.1, -0.05) is 80.0 Å². The molecule has 0 nitrogen and oxygen atoms in total. The minimum absolute atomic E-state index is 0.158. The Morgan fingerprint density at radius 1 is 0.767 bits per heavy atom. The topological polar surface area (TPSA) is 0 Å². The van der Waals surface area contributed by atoms with Crippen molar-refractivity contribution in [3.05, 3.63) is 82.9 Å². The Morgan fingerprint density at radius 2 is 1.53 bits per heavy atom. The summed E-state index contributed by atoms with van der Waals surface area (Å²) in [5.74, 6) is 3.16. The number of hydrogen-bond acceptors (Lipinski definition) is 0. The number of halogens is 1. The monoisotopic (exact) mass is 412 g/mol. The molecule has 3 aromatic rings. The summed E-state index contributed by atoms with van der Waals surface area (Å²) in [5, 5.41) is 0.807. The lowest BCUT2D eigenvalue weighted by Gasteiger charge is -2.54. The molecule has 0 aliphatic heterocycles. The van der Waals surface area contributed by atoms with E-state index < -0.39 is 0 Å². The van der Waals surface area contributed by atoms with Crippen molar-refractivity contribution < 1.29 is 0 Å². The zero-order valence-corrected chi connectivity index (χ0v) is 18.6. The van der Waals surface area contributed by atoms with Crippen molar-refractivity contribution in [1.82, 2.24) is 0 Å². The van der Waals surface area contributed by atoms with Crippen LogP contribution in [0.1, 0.15) is 50.7 Å². The second-order valence-electron chi connectivity index (χ2n) is 10.2. The summed E-state index contributed by atoms with van der Waals surface area (Å²) < 4.78 is 0. The molecule has 3 aliphatic rings. The van der Waals surface area contributed by atoms with Gasteiger partial charge in [0.15, 0.2) is 0 Å². The zero-order valence-electron chi connectivity index (χ0n) is 17.9. The van der Waals surface area contributed by atoms with Gasteiger partial charge in [-0.15, -0.1) is 0 Å². The Balaban J connectivity index is 1.65. The first kappa shape index (κ1) is 18.7. The highest BCUT2D eigenvalue weighted by Gasteiger charge is 2.56. The van der Waals surface area contributed by atoms with Gasteiger partial charge in [0.1, 0.15) is 0 Å². The summed E-state index contributed by atoms with van der Waals surface area (Å²) in [5.41, 5.74) is 8.78. The van der Waals surface area contributed by atoms with Crippen LogP contribution in [0.4, 0.5) is 0 Å². The molecule has 5 atom stereocenters. The van der Waals surface area contributed by atoms with E-state index in [1.807, 2.05) is 6.07 Å². The molecular weight excluding hydrogens is 384 g/mol. The maximum Gasteiger partial charge on any atom is 0.0412 e. The lowest BCUT2D eigenvalue weighted by atomic mass is 9.49. The number of rotatable bonds is 1. The van der Waals surface area contributed by atoms with Gasteiger partial charge in [0.2, 0.25) is 0 Å². The minimum Gasteiger partial charge on any atom is -0.0843 e. The molecule has 5 unspecified atom stereocenters. The quantitative estimate of drug-likeness (QED) is 0.376. The molecule has 3 aromatic carbocycles. The van der Waals surface area contributed by atoms with Crippen LogP contribution in [0.2, 0.25) is 5.02 Å². The third kappa shape index (κ3) is 2.47. The van der Waals surface area contributed by atoms with Crippen LogP contribution >= 0.6 is 11.6 Å². The van der Waals surface area contributed by atoms with Crippen LogP contribution in [0.5, 0.6) is 0 Å². The van der Waals surface area contributed by atoms with E-state index in [1.165, 1.54) is 47.9 Å². The van der Waals surface area contributed by atoms with Crippen molar-refractivity contribution >= 4 is 11.6 Å². The Hall–Kier alpha value is -2.05. The van der Waals surface area contributed by atoms with Gasteiger partial charge in [-0.2, -0.15) is 0 Å². The van der Waals surface area contributed by atoms with Crippen LogP contribution in [-0.4, -0.2) is 0 Å². The van der Waals surface area contributed by atoms with E-state index in [2.05, 4.69) is 74.5 Å². The first-order chi connectivity index (χ1) is 14.6. The van der Waals surface area contributed by atoms with Gasteiger partial charge in [-0.25, -0.2) is 0 Å². The molecule has 0 heterocycles. The Morgan fingerprint density at radius 3 is 2.40 bits per heavy atom. The summed E-state index contributed by atoms with van der Waals surface area (Å²) in [4.78, 5) is 0. The summed E-state index contributed by atoms with van der Waals surface area (Å²) in [7, 11) is 0. The van der Waals surface area contributed by atoms with E-state index in [4.69, 9.17) is 11.6 Å². The number of benzene rings is 3. The predicted molar refractivity (Wildman–Crippen MR) is 127 cm³/mol. The summed E-state index contributed by atoms with van der Waals surface area (Å²) in [6.07, 6.45) is 5.53. The van der Waals surface area contributed by atoms with Crippen LogP contribution in [-0.2, 0) is 5.41 Å². The van der Waals surface area contributed by atoms with Crippen molar-refractivity contribution in [1.29, 1.82) is 0 Å². The molecule has 0 N–H and O–H groups in total. The number of fused-ring (bicyclic) bond motifs is 8. The highest BCUT2D eigenvalue weighted by atomic mass is 35.5. The fraction of sp³-hybridized carbons (Fsp3) is 0.379. The van der Waals surface area contributed by atoms with E-state index in [9.17, 15) is 0 Å². The Bertz CT molecular complexity index is 1120. The van der Waals surface area contributed by atoms with Crippen LogP contribution < -0.4 is 0 Å². The van der Waals surface area contributed by atoms with E-state index in [-0.39, 0.29) is 5.41 Å². The summed E-state index contributed by atoms with van der Waals surface area (Å²) in [6.45, 7) is 5.01. The van der Waals surface area contributed by atoms with Crippen LogP contribution in [0.25, 0.3) is 22.3 Å². The lowest BCUT2D eigenvalue weighted by molar-refractivity contribution is 0.0426. The summed E-state index contributed by atoms with van der Waals surface area (Å²) in [6, 6.07) is 24.7. The molecule has 2 bridgehead atoms. The number of hydrogen-bond donors (Lipinski definition) is 0. The predicted octanol–water partition coefficient (Wildman–Crippen LogP) is 8.37. The standard InChI is InChI=1S/C29H29Cl/c1-18-13-20-15-19(2)29(22(14-18)16-20)26-11-4-3-9-25(26)28-24(10-6-12-27(28)29)21-7-5-8-23(30)17-21/h3-12,17-20,22H,13-16H2,1-2H3. The largest absolute Gasteiger partial charge is 0.0843 e. The first-order valence-corrected chi connectivity index (χ1v) is 12.0. The fourth-order valence-corrected chi connectivity index (χ4v) is 7.85. The van der Waals surface area contributed by atoms with E-state index in [0.717, 1.165) is 22.8 Å². The van der Waals surface area contributed by atoms with Crippen LogP contribution in [0, 0.1) is 23.7 Å². The van der Waals surface area contributed by atoms with Crippen molar-refractivity contribution in [2.45, 2.75) is 44.9 Å². The highest BCUT2D eigenvalue weighted by Crippen LogP contribution is 2.65. The SMILES string of the molecule is CC1CC2CC(C)C3(c4ccccc4-c4c(-c5cccc(Cl)c5)cccc43)C(C1)C2. The second-order valence-corrected chi connectivity index (χ2v) is 10.6. The van der Waals surface area contributed by atoms with Crippen molar-refractivity contribution in [2.75, 3.05) is 0 Å². The van der Waals surface area contributed by atoms with E-state index >= 15 is 0 Å². The molecule has 0 saturated heterocycles. The molecule has 152 valence electrons. The van der Waals surface area contributed by atoms with Crippen LogP contribution in [0.3, 0.4) is 0 Å². The lowest BCUT2D eigenvalue weighted by Crippen LogP contribution is -2.49. The average Bonchev–Trinajstić information content (AvgIpc) is 3.04. The molecule has 3 aliphatic carbocycles. The normalized spacial score (nSPS) is 31.4. The molecule has 2 saturated carbocycles. The molecular formula is C29H29Cl. The van der Waals surface area contributed by atoms with Crippen molar-refractivity contribution in [2.24, 2.45) is 23.7 Å². The van der Waals surface area contributed by atoms with Gasteiger partial charge >= 0.3 is 0 Å². The third-order valence-electron chi connectivity index (χ3n) is 8.44. The van der Waals surface area contributed by atoms with Gasteiger partial charge in [-0.3, -0.25) is 0 Å². The van der Waals surface area contributed by atoms with Gasteiger partial charge in [0, 0.05) is 10.4 Å². The average molecular weight is 413 g/mol. The smallest absolute Gasteiger partial charge is 0.0412 e. The van der Waals surface area contributed by atoms with Gasteiger partial charge in [0.25, 0.3) is 0 Å². The second kappa shape index (κ2) is 6.72. The molecule has 0 amide bonds. The first-order valence-electron chi connectivity index (χ1n) is 11.6. The van der Waals surface area contributed by atoms with Gasteiger partial charge < -0.3 is 0 Å². The zero-order chi connectivity index (χ0) is 20.5. The van der Waals surface area contributed by atoms with E-state index in [0.29, 0.717) is 5.92 Å². The molecule has 0 radical (unpaired) electrons. The van der Waals surface area contributed by atoms with Gasteiger partial charge in [-0.05, 0) is 94.9 Å². The molecule has 30 heavy (non-hydrogen) atoms.